The van der Waals surface area contributed by atoms with Gasteiger partial charge in [0.1, 0.15) is 34.9 Å². The second-order valence-electron chi connectivity index (χ2n) is 11.3. The smallest absolute Gasteiger partial charge is 0.255 e. The van der Waals surface area contributed by atoms with Crippen LogP contribution in [0.15, 0.2) is 48.5 Å². The summed E-state index contributed by atoms with van der Waals surface area (Å²) in [6.07, 6.45) is -0.193. The fourth-order valence-corrected chi connectivity index (χ4v) is 5.66. The third kappa shape index (κ3) is 5.85. The van der Waals surface area contributed by atoms with E-state index in [1.54, 1.807) is 22.9 Å². The van der Waals surface area contributed by atoms with Crippen LogP contribution in [-0.2, 0) is 15.7 Å². The quantitative estimate of drug-likeness (QED) is 0.384. The number of carbonyl (C=O) groups is 1. The zero-order valence-electron chi connectivity index (χ0n) is 23.4. The fraction of sp³-hybridized carbons (Fsp3) is 0.414. The first-order valence-corrected chi connectivity index (χ1v) is 15.9. The first-order chi connectivity index (χ1) is 18.5. The number of aromatic nitrogens is 2. The number of hydrogen-bond acceptors (Lipinski definition) is 7. The van der Waals surface area contributed by atoms with E-state index in [1.165, 1.54) is 7.11 Å². The predicted molar refractivity (Wildman–Crippen MR) is 153 cm³/mol. The van der Waals surface area contributed by atoms with E-state index >= 15 is 0 Å². The number of methoxy groups -OCH3 is 1. The van der Waals surface area contributed by atoms with Crippen molar-refractivity contribution in [2.75, 3.05) is 26.1 Å². The summed E-state index contributed by atoms with van der Waals surface area (Å²) in [5.74, 6) is 0.607. The Morgan fingerprint density at radius 2 is 1.90 bits per heavy atom. The normalized spacial score (nSPS) is 17.6. The Hall–Kier alpha value is -3.65. The summed E-state index contributed by atoms with van der Waals surface area (Å²) in [5, 5.41) is 17.7. The van der Waals surface area contributed by atoms with E-state index in [0.717, 1.165) is 11.1 Å². The van der Waals surface area contributed by atoms with Gasteiger partial charge in [-0.1, -0.05) is 57.2 Å². The van der Waals surface area contributed by atoms with Crippen LogP contribution in [-0.4, -0.2) is 50.4 Å². The first-order valence-electron chi connectivity index (χ1n) is 13.0. The molecule has 0 radical (unpaired) electrons. The molecule has 0 unspecified atom stereocenters. The molecule has 0 saturated carbocycles. The number of amides is 1. The summed E-state index contributed by atoms with van der Waals surface area (Å²) in [7, 11) is -0.517. The minimum absolute atomic E-state index is 0.0488. The number of nitrogens with two attached hydrogens (primary N) is 1. The number of ether oxygens (including phenoxy) is 2. The number of carbonyl (C=O) groups excluding carboxylic acids is 1. The largest absolute Gasteiger partial charge is 0.496 e. The molecule has 39 heavy (non-hydrogen) atoms. The van der Waals surface area contributed by atoms with Gasteiger partial charge in [0.25, 0.3) is 5.91 Å². The Labute approximate surface area is 231 Å². The average Bonchev–Trinajstić information content (AvgIpc) is 3.49. The van der Waals surface area contributed by atoms with Gasteiger partial charge in [-0.05, 0) is 35.8 Å². The second-order valence-corrected chi connectivity index (χ2v) is 16.0. The van der Waals surface area contributed by atoms with Crippen molar-refractivity contribution in [3.63, 3.8) is 0 Å². The molecular formula is C29H37N5O4Si. The van der Waals surface area contributed by atoms with E-state index in [1.807, 2.05) is 30.3 Å². The molecule has 10 heteroatoms. The highest BCUT2D eigenvalue weighted by Crippen LogP contribution is 2.40. The lowest BCUT2D eigenvalue weighted by atomic mass is 10.1. The van der Waals surface area contributed by atoms with E-state index in [9.17, 15) is 10.1 Å². The number of rotatable bonds is 8. The van der Waals surface area contributed by atoms with Crippen LogP contribution >= 0.6 is 0 Å². The molecule has 1 fully saturated rings. The zero-order chi connectivity index (χ0) is 28.4. The standard InChI is InChI=1S/C29H37N5O4Si/c1-29(2,3)39(5,6)38-25-18-37-17-23(25)34-27(31)22(15-30)26(33-34)20-13-11-19(12-14-20)16-32-28(35)21-9-7-8-10-24(21)36-4/h7-14,23,25H,16-18,31H2,1-6H3,(H,32,35)/t23-,25-/m1/s1. The SMILES string of the molecule is COc1ccccc1C(=O)NCc1ccc(-c2nn([C@@H]3COC[C@H]3O[Si](C)(C)C(C)(C)C)c(N)c2C#N)cc1. The molecule has 0 aliphatic carbocycles. The minimum Gasteiger partial charge on any atom is -0.496 e. The van der Waals surface area contributed by atoms with Crippen molar-refractivity contribution in [1.29, 1.82) is 5.26 Å². The zero-order valence-corrected chi connectivity index (χ0v) is 24.4. The highest BCUT2D eigenvalue weighted by molar-refractivity contribution is 6.74. The lowest BCUT2D eigenvalue weighted by molar-refractivity contribution is 0.0948. The molecule has 1 aliphatic rings. The molecule has 4 rings (SSSR count). The van der Waals surface area contributed by atoms with Crippen molar-refractivity contribution < 1.29 is 18.7 Å². The molecule has 206 valence electrons. The van der Waals surface area contributed by atoms with E-state index in [4.69, 9.17) is 24.7 Å². The maximum Gasteiger partial charge on any atom is 0.255 e. The van der Waals surface area contributed by atoms with Crippen molar-refractivity contribution in [2.24, 2.45) is 0 Å². The molecule has 1 aromatic heterocycles. The highest BCUT2D eigenvalue weighted by atomic mass is 28.4. The summed E-state index contributed by atoms with van der Waals surface area (Å²) in [5.41, 5.74) is 9.43. The van der Waals surface area contributed by atoms with Crippen molar-refractivity contribution >= 4 is 20.0 Å². The monoisotopic (exact) mass is 547 g/mol. The van der Waals surface area contributed by atoms with Gasteiger partial charge in [0.05, 0.1) is 32.0 Å². The molecule has 9 nitrogen and oxygen atoms in total. The molecule has 1 amide bonds. The van der Waals surface area contributed by atoms with Gasteiger partial charge in [-0.3, -0.25) is 4.79 Å². The number of para-hydroxylation sites is 1. The Kier molecular flexibility index (Phi) is 8.16. The van der Waals surface area contributed by atoms with Crippen LogP contribution in [0.25, 0.3) is 11.3 Å². The van der Waals surface area contributed by atoms with Gasteiger partial charge in [-0.2, -0.15) is 10.4 Å². The Morgan fingerprint density at radius 1 is 1.21 bits per heavy atom. The summed E-state index contributed by atoms with van der Waals surface area (Å²) in [6.45, 7) is 12.2. The van der Waals surface area contributed by atoms with Gasteiger partial charge >= 0.3 is 0 Å². The number of nitrogens with one attached hydrogen (secondary N) is 1. The topological polar surface area (TPSA) is 124 Å². The van der Waals surface area contributed by atoms with E-state index < -0.39 is 8.32 Å². The van der Waals surface area contributed by atoms with Crippen molar-refractivity contribution in [1.82, 2.24) is 15.1 Å². The van der Waals surface area contributed by atoms with Gasteiger partial charge in [0.2, 0.25) is 0 Å². The van der Waals surface area contributed by atoms with Crippen molar-refractivity contribution in [2.45, 2.75) is 57.6 Å². The number of benzene rings is 2. The summed E-state index contributed by atoms with van der Waals surface area (Å²) >= 11 is 0. The van der Waals surface area contributed by atoms with Crippen LogP contribution in [0.2, 0.25) is 18.1 Å². The van der Waals surface area contributed by atoms with Crippen LogP contribution in [0.5, 0.6) is 5.75 Å². The molecule has 1 aliphatic heterocycles. The molecule has 2 aromatic carbocycles. The Balaban J connectivity index is 1.52. The molecular weight excluding hydrogens is 510 g/mol. The lowest BCUT2D eigenvalue weighted by Gasteiger charge is -2.39. The van der Waals surface area contributed by atoms with Gasteiger partial charge < -0.3 is 25.0 Å². The van der Waals surface area contributed by atoms with Crippen molar-refractivity contribution in [3.8, 4) is 23.1 Å². The van der Waals surface area contributed by atoms with Crippen LogP contribution in [0.3, 0.4) is 0 Å². The number of nitriles is 1. The van der Waals surface area contributed by atoms with Crippen LogP contribution in [0, 0.1) is 11.3 Å². The molecule has 1 saturated heterocycles. The molecule has 2 heterocycles. The highest BCUT2D eigenvalue weighted by Gasteiger charge is 2.43. The minimum atomic E-state index is -2.05. The van der Waals surface area contributed by atoms with Gasteiger partial charge in [0.15, 0.2) is 8.32 Å². The maximum absolute atomic E-state index is 12.6. The summed E-state index contributed by atoms with van der Waals surface area (Å²) in [6, 6.07) is 16.7. The number of anilines is 1. The van der Waals surface area contributed by atoms with E-state index in [0.29, 0.717) is 48.1 Å². The van der Waals surface area contributed by atoms with E-state index in [2.05, 4.69) is 45.3 Å². The van der Waals surface area contributed by atoms with Gasteiger partial charge in [-0.25, -0.2) is 4.68 Å². The van der Waals surface area contributed by atoms with Crippen molar-refractivity contribution in [3.05, 3.63) is 65.2 Å². The number of nitrogens with zero attached hydrogens (tertiary/aromatic N) is 3. The van der Waals surface area contributed by atoms with E-state index in [-0.39, 0.29) is 23.1 Å². The fourth-order valence-electron chi connectivity index (χ4n) is 4.32. The Morgan fingerprint density at radius 3 is 2.54 bits per heavy atom. The third-order valence-electron chi connectivity index (χ3n) is 7.66. The number of nitrogen functional groups attached to an aromatic ring is 1. The Bertz CT molecular complexity index is 1370. The lowest BCUT2D eigenvalue weighted by Crippen LogP contribution is -2.46. The van der Waals surface area contributed by atoms with Crippen LogP contribution < -0.4 is 15.8 Å². The van der Waals surface area contributed by atoms with Gasteiger partial charge in [0, 0.05) is 12.1 Å². The molecule has 3 aromatic rings. The van der Waals surface area contributed by atoms with Gasteiger partial charge in [-0.15, -0.1) is 0 Å². The molecule has 0 bridgehead atoms. The molecule has 3 N–H and O–H groups in total. The first kappa shape index (κ1) is 28.4. The molecule has 2 atom stereocenters. The van der Waals surface area contributed by atoms with Crippen LogP contribution in [0.1, 0.15) is 48.3 Å². The second kappa shape index (κ2) is 11.2. The number of hydrogen-bond donors (Lipinski definition) is 2. The maximum atomic E-state index is 12.6. The summed E-state index contributed by atoms with van der Waals surface area (Å²) in [4.78, 5) is 12.6. The van der Waals surface area contributed by atoms with Crippen LogP contribution in [0.4, 0.5) is 5.82 Å². The third-order valence-corrected chi connectivity index (χ3v) is 12.2. The summed E-state index contributed by atoms with van der Waals surface area (Å²) < 4.78 is 19.4. The average molecular weight is 548 g/mol. The predicted octanol–water partition coefficient (Wildman–Crippen LogP) is 4.90. The molecule has 0 spiro atoms.